The fourth-order valence-electron chi connectivity index (χ4n) is 1.38. The van der Waals surface area contributed by atoms with Gasteiger partial charge in [0.25, 0.3) is 0 Å². The third-order valence-electron chi connectivity index (χ3n) is 2.25. The number of anilines is 1. The maximum atomic E-state index is 11.6. The molecular weight excluding hydrogens is 230 g/mol. The number of aryl methyl sites for hydroxylation is 1. The summed E-state index contributed by atoms with van der Waals surface area (Å²) in [6.45, 7) is 5.57. The summed E-state index contributed by atoms with van der Waals surface area (Å²) < 4.78 is 0. The van der Waals surface area contributed by atoms with Crippen molar-refractivity contribution >= 4 is 17.6 Å². The number of amides is 3. The molecule has 5 nitrogen and oxygen atoms in total. The molecule has 1 aromatic rings. The van der Waals surface area contributed by atoms with E-state index in [1.165, 1.54) is 0 Å². The molecule has 0 radical (unpaired) electrons. The van der Waals surface area contributed by atoms with Crippen LogP contribution in [0.4, 0.5) is 10.5 Å². The zero-order valence-electron chi connectivity index (χ0n) is 10.9. The highest BCUT2D eigenvalue weighted by Crippen LogP contribution is 2.12. The van der Waals surface area contributed by atoms with Gasteiger partial charge in [-0.15, -0.1) is 0 Å². The van der Waals surface area contributed by atoms with Crippen LogP contribution in [0.1, 0.15) is 19.4 Å². The summed E-state index contributed by atoms with van der Waals surface area (Å²) in [6.07, 6.45) is 0. The molecule has 0 bridgehead atoms. The molecule has 0 atom stereocenters. The first-order chi connectivity index (χ1) is 8.49. The molecule has 3 amide bonds. The molecule has 5 heteroatoms. The molecule has 3 N–H and O–H groups in total. The summed E-state index contributed by atoms with van der Waals surface area (Å²) in [5.74, 6) is -0.247. The number of carbonyl (C=O) groups excluding carboxylic acids is 2. The Hall–Kier alpha value is -2.04. The van der Waals surface area contributed by atoms with E-state index in [0.717, 1.165) is 11.3 Å². The van der Waals surface area contributed by atoms with E-state index in [1.807, 2.05) is 45.0 Å². The summed E-state index contributed by atoms with van der Waals surface area (Å²) in [5, 5.41) is 7.87. The Balaban J connectivity index is 2.39. The van der Waals surface area contributed by atoms with Crippen LogP contribution in [0.15, 0.2) is 24.3 Å². The Morgan fingerprint density at radius 1 is 1.22 bits per heavy atom. The van der Waals surface area contributed by atoms with Crippen molar-refractivity contribution in [1.29, 1.82) is 0 Å². The van der Waals surface area contributed by atoms with Gasteiger partial charge in [-0.1, -0.05) is 18.2 Å². The third-order valence-corrected chi connectivity index (χ3v) is 2.25. The maximum Gasteiger partial charge on any atom is 0.315 e. The van der Waals surface area contributed by atoms with Gasteiger partial charge in [0.15, 0.2) is 0 Å². The summed E-state index contributed by atoms with van der Waals surface area (Å²) in [7, 11) is 0. The van der Waals surface area contributed by atoms with Crippen molar-refractivity contribution in [2.24, 2.45) is 0 Å². The Kier molecular flexibility index (Phi) is 5.17. The van der Waals surface area contributed by atoms with Gasteiger partial charge in [0.05, 0.1) is 6.54 Å². The molecule has 0 unspecified atom stereocenters. The van der Waals surface area contributed by atoms with E-state index >= 15 is 0 Å². The molecule has 0 aromatic heterocycles. The third kappa shape index (κ3) is 4.86. The second kappa shape index (κ2) is 6.64. The summed E-state index contributed by atoms with van der Waals surface area (Å²) >= 11 is 0. The van der Waals surface area contributed by atoms with Crippen molar-refractivity contribution in [3.63, 3.8) is 0 Å². The Labute approximate surface area is 107 Å². The zero-order valence-corrected chi connectivity index (χ0v) is 10.9. The van der Waals surface area contributed by atoms with E-state index in [2.05, 4.69) is 16.0 Å². The molecule has 0 saturated carbocycles. The SMILES string of the molecule is Cc1ccccc1NC(=O)CNC(=O)NC(C)C. The molecular formula is C13H19N3O2. The molecule has 18 heavy (non-hydrogen) atoms. The minimum Gasteiger partial charge on any atom is -0.336 e. The fourth-order valence-corrected chi connectivity index (χ4v) is 1.38. The lowest BCUT2D eigenvalue weighted by Gasteiger charge is -2.11. The first-order valence-electron chi connectivity index (χ1n) is 5.89. The Bertz CT molecular complexity index is 430. The summed E-state index contributed by atoms with van der Waals surface area (Å²) in [6, 6.07) is 7.19. The molecule has 1 rings (SSSR count). The molecule has 0 saturated heterocycles. The first-order valence-corrected chi connectivity index (χ1v) is 5.89. The van der Waals surface area contributed by atoms with Gasteiger partial charge in [0.2, 0.25) is 5.91 Å². The molecule has 98 valence electrons. The molecule has 0 aliphatic carbocycles. The first kappa shape index (κ1) is 14.0. The van der Waals surface area contributed by atoms with Crippen LogP contribution in [-0.2, 0) is 4.79 Å². The topological polar surface area (TPSA) is 70.2 Å². The minimum atomic E-state index is -0.343. The van der Waals surface area contributed by atoms with Crippen LogP contribution in [-0.4, -0.2) is 24.5 Å². The lowest BCUT2D eigenvalue weighted by molar-refractivity contribution is -0.115. The number of urea groups is 1. The van der Waals surface area contributed by atoms with Crippen molar-refractivity contribution in [2.45, 2.75) is 26.8 Å². The van der Waals surface area contributed by atoms with Gasteiger partial charge in [-0.05, 0) is 32.4 Å². The van der Waals surface area contributed by atoms with Gasteiger partial charge in [0, 0.05) is 11.7 Å². The van der Waals surface area contributed by atoms with Crippen LogP contribution < -0.4 is 16.0 Å². The Morgan fingerprint density at radius 3 is 2.50 bits per heavy atom. The lowest BCUT2D eigenvalue weighted by Crippen LogP contribution is -2.42. The molecule has 0 spiro atoms. The van der Waals surface area contributed by atoms with Gasteiger partial charge in [0.1, 0.15) is 0 Å². The van der Waals surface area contributed by atoms with Gasteiger partial charge >= 0.3 is 6.03 Å². The highest BCUT2D eigenvalue weighted by Gasteiger charge is 2.07. The molecule has 1 aromatic carbocycles. The van der Waals surface area contributed by atoms with Crippen LogP contribution in [0, 0.1) is 6.92 Å². The van der Waals surface area contributed by atoms with Crippen LogP contribution in [0.3, 0.4) is 0 Å². The second-order valence-corrected chi connectivity index (χ2v) is 4.34. The van der Waals surface area contributed by atoms with E-state index in [0.29, 0.717) is 0 Å². The van der Waals surface area contributed by atoms with Gasteiger partial charge in [-0.2, -0.15) is 0 Å². The van der Waals surface area contributed by atoms with Crippen LogP contribution in [0.5, 0.6) is 0 Å². The minimum absolute atomic E-state index is 0.0458. The maximum absolute atomic E-state index is 11.6. The van der Waals surface area contributed by atoms with Crippen LogP contribution in [0.25, 0.3) is 0 Å². The average Bonchev–Trinajstić information content (AvgIpc) is 2.29. The number of nitrogens with one attached hydrogen (secondary N) is 3. The summed E-state index contributed by atoms with van der Waals surface area (Å²) in [4.78, 5) is 22.9. The zero-order chi connectivity index (χ0) is 13.5. The summed E-state index contributed by atoms with van der Waals surface area (Å²) in [5.41, 5.74) is 1.74. The van der Waals surface area contributed by atoms with Crippen molar-refractivity contribution in [3.8, 4) is 0 Å². The van der Waals surface area contributed by atoms with E-state index in [4.69, 9.17) is 0 Å². The average molecular weight is 249 g/mol. The predicted molar refractivity (Wildman–Crippen MR) is 71.5 cm³/mol. The van der Waals surface area contributed by atoms with Crippen molar-refractivity contribution in [3.05, 3.63) is 29.8 Å². The van der Waals surface area contributed by atoms with E-state index in [9.17, 15) is 9.59 Å². The fraction of sp³-hybridized carbons (Fsp3) is 0.385. The van der Waals surface area contributed by atoms with E-state index in [-0.39, 0.29) is 24.5 Å². The highest BCUT2D eigenvalue weighted by molar-refractivity contribution is 5.94. The second-order valence-electron chi connectivity index (χ2n) is 4.34. The lowest BCUT2D eigenvalue weighted by atomic mass is 10.2. The van der Waals surface area contributed by atoms with Gasteiger partial charge in [-0.3, -0.25) is 4.79 Å². The number of para-hydroxylation sites is 1. The van der Waals surface area contributed by atoms with Crippen LogP contribution >= 0.6 is 0 Å². The monoisotopic (exact) mass is 249 g/mol. The number of benzene rings is 1. The van der Waals surface area contributed by atoms with E-state index < -0.39 is 0 Å². The van der Waals surface area contributed by atoms with Crippen LogP contribution in [0.2, 0.25) is 0 Å². The molecule has 0 aliphatic rings. The van der Waals surface area contributed by atoms with Crippen molar-refractivity contribution in [1.82, 2.24) is 10.6 Å². The van der Waals surface area contributed by atoms with Crippen molar-refractivity contribution in [2.75, 3.05) is 11.9 Å². The normalized spacial score (nSPS) is 10.0. The number of carbonyl (C=O) groups is 2. The quantitative estimate of drug-likeness (QED) is 0.759. The van der Waals surface area contributed by atoms with Crippen molar-refractivity contribution < 1.29 is 9.59 Å². The smallest absolute Gasteiger partial charge is 0.315 e. The standard InChI is InChI=1S/C13H19N3O2/c1-9(2)15-13(18)14-8-12(17)16-11-7-5-4-6-10(11)3/h4-7,9H,8H2,1-3H3,(H,16,17)(H2,14,15,18). The number of hydrogen-bond donors (Lipinski definition) is 3. The number of hydrogen-bond acceptors (Lipinski definition) is 2. The van der Waals surface area contributed by atoms with Gasteiger partial charge < -0.3 is 16.0 Å². The molecule has 0 heterocycles. The Morgan fingerprint density at radius 2 is 1.89 bits per heavy atom. The number of rotatable bonds is 4. The van der Waals surface area contributed by atoms with Gasteiger partial charge in [-0.25, -0.2) is 4.79 Å². The largest absolute Gasteiger partial charge is 0.336 e. The molecule has 0 fully saturated rings. The predicted octanol–water partition coefficient (Wildman–Crippen LogP) is 1.64. The molecule has 0 aliphatic heterocycles. The highest BCUT2D eigenvalue weighted by atomic mass is 16.2. The van der Waals surface area contributed by atoms with E-state index in [1.54, 1.807) is 0 Å².